The molecule has 2 aliphatic heterocycles. The normalized spacial score (nSPS) is 25.9. The Morgan fingerprint density at radius 1 is 1.50 bits per heavy atom. The molecule has 0 bridgehead atoms. The molecule has 0 unspecified atom stereocenters. The molecule has 10 heteroatoms. The van der Waals surface area contributed by atoms with Crippen LogP contribution in [0.5, 0.6) is 0 Å². The monoisotopic (exact) mass is 383 g/mol. The van der Waals surface area contributed by atoms with Gasteiger partial charge < -0.3 is 14.7 Å². The fourth-order valence-electron chi connectivity index (χ4n) is 3.54. The van der Waals surface area contributed by atoms with Crippen LogP contribution < -0.4 is 0 Å². The summed E-state index contributed by atoms with van der Waals surface area (Å²) in [5, 5.41) is 9.65. The van der Waals surface area contributed by atoms with Gasteiger partial charge in [-0.05, 0) is 18.6 Å². The van der Waals surface area contributed by atoms with Crippen LogP contribution in [0, 0.1) is 11.3 Å². The zero-order chi connectivity index (χ0) is 18.9. The first-order valence-electron chi connectivity index (χ1n) is 8.22. The molecule has 142 valence electrons. The van der Waals surface area contributed by atoms with Crippen molar-refractivity contribution in [1.82, 2.24) is 14.2 Å². The molecule has 3 heterocycles. The lowest BCUT2D eigenvalue weighted by molar-refractivity contribution is -0.157. The second-order valence-corrected chi connectivity index (χ2v) is 8.75. The van der Waals surface area contributed by atoms with Crippen molar-refractivity contribution < 1.29 is 27.9 Å². The van der Waals surface area contributed by atoms with E-state index >= 15 is 0 Å². The maximum Gasteiger partial charge on any atom is 0.311 e. The fourth-order valence-corrected chi connectivity index (χ4v) is 4.63. The standard InChI is InChI=1S/C16H21N3O6S/c1-18(26(23,24)13-3-2-5-17-7-13)9-14(20)19-8-12-10-25-6-4-16(12,11-19)15(21)22/h2-3,5,7,12H,4,6,8-11H2,1H3,(H,21,22)/t12-,16+/m0/s1. The number of sulfonamides is 1. The number of carbonyl (C=O) groups is 2. The first-order valence-corrected chi connectivity index (χ1v) is 9.67. The van der Waals surface area contributed by atoms with E-state index in [0.717, 1.165) is 4.31 Å². The molecule has 2 fully saturated rings. The van der Waals surface area contributed by atoms with Crippen molar-refractivity contribution in [1.29, 1.82) is 0 Å². The van der Waals surface area contributed by atoms with Gasteiger partial charge in [0.15, 0.2) is 0 Å². The largest absolute Gasteiger partial charge is 0.481 e. The van der Waals surface area contributed by atoms with E-state index in [2.05, 4.69) is 4.98 Å². The van der Waals surface area contributed by atoms with Gasteiger partial charge in [0.05, 0.1) is 18.6 Å². The lowest BCUT2D eigenvalue weighted by Crippen LogP contribution is -2.45. The van der Waals surface area contributed by atoms with Crippen LogP contribution in [0.1, 0.15) is 6.42 Å². The van der Waals surface area contributed by atoms with Gasteiger partial charge in [-0.3, -0.25) is 14.6 Å². The quantitative estimate of drug-likeness (QED) is 0.739. The zero-order valence-electron chi connectivity index (χ0n) is 14.4. The van der Waals surface area contributed by atoms with E-state index in [1.807, 2.05) is 0 Å². The smallest absolute Gasteiger partial charge is 0.311 e. The number of likely N-dealkylation sites (tertiary alicyclic amines) is 1. The van der Waals surface area contributed by atoms with E-state index in [-0.39, 0.29) is 30.4 Å². The summed E-state index contributed by atoms with van der Waals surface area (Å²) in [5.74, 6) is -1.63. The molecule has 0 radical (unpaired) electrons. The highest BCUT2D eigenvalue weighted by Crippen LogP contribution is 2.42. The minimum atomic E-state index is -3.84. The first kappa shape index (κ1) is 18.7. The Morgan fingerprint density at radius 2 is 2.27 bits per heavy atom. The molecule has 0 aromatic carbocycles. The average Bonchev–Trinajstić information content (AvgIpc) is 3.03. The van der Waals surface area contributed by atoms with Gasteiger partial charge in [0.2, 0.25) is 15.9 Å². The second-order valence-electron chi connectivity index (χ2n) is 6.71. The Hall–Kier alpha value is -2.04. The maximum absolute atomic E-state index is 12.6. The molecule has 9 nitrogen and oxygen atoms in total. The molecular weight excluding hydrogens is 362 g/mol. The Balaban J connectivity index is 1.72. The number of ether oxygens (including phenoxy) is 1. The molecule has 2 saturated heterocycles. The Kier molecular flexibility index (Phi) is 5.00. The number of rotatable bonds is 5. The van der Waals surface area contributed by atoms with Crippen LogP contribution >= 0.6 is 0 Å². The molecule has 0 aliphatic carbocycles. The Morgan fingerprint density at radius 3 is 2.88 bits per heavy atom. The number of aliphatic carboxylic acids is 1. The third kappa shape index (κ3) is 3.19. The number of hydrogen-bond acceptors (Lipinski definition) is 6. The molecule has 1 amide bonds. The third-order valence-corrected chi connectivity index (χ3v) is 6.97. The van der Waals surface area contributed by atoms with Gasteiger partial charge >= 0.3 is 5.97 Å². The molecule has 1 aromatic rings. The van der Waals surface area contributed by atoms with Crippen molar-refractivity contribution in [2.75, 3.05) is 39.9 Å². The fraction of sp³-hybridized carbons (Fsp3) is 0.562. The SMILES string of the molecule is CN(CC(=O)N1C[C@H]2COCC[C@@]2(C(=O)O)C1)S(=O)(=O)c1cccnc1. The van der Waals surface area contributed by atoms with Crippen LogP contribution in [-0.4, -0.2) is 79.5 Å². The molecule has 0 saturated carbocycles. The topological polar surface area (TPSA) is 117 Å². The summed E-state index contributed by atoms with van der Waals surface area (Å²) in [6.07, 6.45) is 3.03. The van der Waals surface area contributed by atoms with Gasteiger partial charge in [-0.2, -0.15) is 4.31 Å². The van der Waals surface area contributed by atoms with E-state index in [9.17, 15) is 23.1 Å². The van der Waals surface area contributed by atoms with E-state index in [1.165, 1.54) is 36.5 Å². The maximum atomic E-state index is 12.6. The Labute approximate surface area is 151 Å². The van der Waals surface area contributed by atoms with Crippen molar-refractivity contribution in [3.63, 3.8) is 0 Å². The van der Waals surface area contributed by atoms with E-state index in [0.29, 0.717) is 19.6 Å². The summed E-state index contributed by atoms with van der Waals surface area (Å²) in [6.45, 7) is 0.614. The van der Waals surface area contributed by atoms with Gasteiger partial charge in [0.25, 0.3) is 0 Å². The third-order valence-electron chi connectivity index (χ3n) is 5.19. The molecule has 2 atom stereocenters. The molecule has 0 spiro atoms. The summed E-state index contributed by atoms with van der Waals surface area (Å²) in [5.41, 5.74) is -1.01. The van der Waals surface area contributed by atoms with Crippen LogP contribution in [0.25, 0.3) is 0 Å². The van der Waals surface area contributed by atoms with Gasteiger partial charge in [-0.15, -0.1) is 0 Å². The molecule has 2 aliphatic rings. The summed E-state index contributed by atoms with van der Waals surface area (Å²) >= 11 is 0. The molecule has 3 rings (SSSR count). The van der Waals surface area contributed by atoms with Crippen LogP contribution in [0.15, 0.2) is 29.4 Å². The predicted molar refractivity (Wildman–Crippen MR) is 89.6 cm³/mol. The highest BCUT2D eigenvalue weighted by molar-refractivity contribution is 7.89. The van der Waals surface area contributed by atoms with E-state index in [4.69, 9.17) is 4.74 Å². The van der Waals surface area contributed by atoms with Crippen molar-refractivity contribution >= 4 is 21.9 Å². The number of amides is 1. The summed E-state index contributed by atoms with van der Waals surface area (Å²) < 4.78 is 31.3. The van der Waals surface area contributed by atoms with Crippen molar-refractivity contribution in [2.24, 2.45) is 11.3 Å². The molecular formula is C16H21N3O6S. The average molecular weight is 383 g/mol. The molecule has 26 heavy (non-hydrogen) atoms. The number of carboxylic acids is 1. The van der Waals surface area contributed by atoms with Gasteiger partial charge in [0, 0.05) is 45.1 Å². The first-order chi connectivity index (χ1) is 12.3. The number of aromatic nitrogens is 1. The van der Waals surface area contributed by atoms with E-state index in [1.54, 1.807) is 0 Å². The van der Waals surface area contributed by atoms with Crippen LogP contribution in [0.3, 0.4) is 0 Å². The number of nitrogens with zero attached hydrogens (tertiary/aromatic N) is 3. The lowest BCUT2D eigenvalue weighted by Gasteiger charge is -2.33. The van der Waals surface area contributed by atoms with Crippen LogP contribution in [0.2, 0.25) is 0 Å². The number of carboxylic acid groups (broad SMARTS) is 1. The zero-order valence-corrected chi connectivity index (χ0v) is 15.2. The minimum absolute atomic E-state index is 0.000739. The number of likely N-dealkylation sites (N-methyl/N-ethyl adjacent to an activating group) is 1. The molecule has 1 aromatic heterocycles. The van der Waals surface area contributed by atoms with Crippen molar-refractivity contribution in [3.05, 3.63) is 24.5 Å². The van der Waals surface area contributed by atoms with E-state index < -0.39 is 27.3 Å². The number of carbonyl (C=O) groups excluding carboxylic acids is 1. The Bertz CT molecular complexity index is 799. The second kappa shape index (κ2) is 6.93. The van der Waals surface area contributed by atoms with Gasteiger partial charge in [-0.25, -0.2) is 8.42 Å². The minimum Gasteiger partial charge on any atom is -0.481 e. The number of hydrogen-bond donors (Lipinski definition) is 1. The number of pyridine rings is 1. The van der Waals surface area contributed by atoms with Gasteiger partial charge in [0.1, 0.15) is 4.90 Å². The van der Waals surface area contributed by atoms with Crippen molar-refractivity contribution in [3.8, 4) is 0 Å². The summed E-state index contributed by atoms with van der Waals surface area (Å²) in [7, 11) is -2.52. The highest BCUT2D eigenvalue weighted by atomic mass is 32.2. The van der Waals surface area contributed by atoms with Crippen molar-refractivity contribution in [2.45, 2.75) is 11.3 Å². The lowest BCUT2D eigenvalue weighted by atomic mass is 9.74. The highest BCUT2D eigenvalue weighted by Gasteiger charge is 2.54. The number of fused-ring (bicyclic) bond motifs is 1. The predicted octanol–water partition coefficient (Wildman–Crippen LogP) is -0.348. The van der Waals surface area contributed by atoms with Crippen LogP contribution in [-0.2, 0) is 24.3 Å². The summed E-state index contributed by atoms with van der Waals surface area (Å²) in [4.78, 5) is 29.6. The molecule has 1 N–H and O–H groups in total. The van der Waals surface area contributed by atoms with Crippen LogP contribution in [0.4, 0.5) is 0 Å². The van der Waals surface area contributed by atoms with Gasteiger partial charge in [-0.1, -0.05) is 0 Å². The summed E-state index contributed by atoms with van der Waals surface area (Å²) in [6, 6.07) is 2.91.